The minimum atomic E-state index is -0.746. The highest BCUT2D eigenvalue weighted by atomic mass is 19.1. The smallest absolute Gasteiger partial charge is 0.258 e. The Balaban J connectivity index is 0.00000196. The second kappa shape index (κ2) is 13.9. The highest BCUT2D eigenvalue weighted by molar-refractivity contribution is 6.04. The van der Waals surface area contributed by atoms with Gasteiger partial charge in [0.2, 0.25) is 0 Å². The molecule has 2 aromatic carbocycles. The quantitative estimate of drug-likeness (QED) is 0.237. The maximum Gasteiger partial charge on any atom is 0.258 e. The molecule has 0 bridgehead atoms. The number of rotatable bonds is 8. The summed E-state index contributed by atoms with van der Waals surface area (Å²) in [5.41, 5.74) is 2.62. The number of amides is 1. The third-order valence-electron chi connectivity index (χ3n) is 7.72. The SMILES string of the molecule is CC.COc1ccc(CN2Cc3nc(-c4c(F)cccc4F)cc(Nc4ccc(N5CCOCC5C)cn4)c3C2=O)c(OC)c1. The Morgan fingerprint density at radius 2 is 1.80 bits per heavy atom. The number of nitrogens with one attached hydrogen (secondary N) is 1. The first-order valence-electron chi connectivity index (χ1n) is 14.9. The van der Waals surface area contributed by atoms with Crippen LogP contribution in [0.25, 0.3) is 11.3 Å². The van der Waals surface area contributed by atoms with E-state index >= 15 is 0 Å². The molecule has 1 atom stereocenters. The molecule has 2 aliphatic heterocycles. The van der Waals surface area contributed by atoms with Crippen molar-refractivity contribution in [2.24, 2.45) is 0 Å². The number of hydrogen-bond acceptors (Lipinski definition) is 8. The number of hydrogen-bond donors (Lipinski definition) is 1. The van der Waals surface area contributed by atoms with Crippen LogP contribution in [0.2, 0.25) is 0 Å². The molecule has 4 aromatic rings. The van der Waals surface area contributed by atoms with Crippen LogP contribution < -0.4 is 19.7 Å². The maximum absolute atomic E-state index is 14.9. The summed E-state index contributed by atoms with van der Waals surface area (Å²) < 4.78 is 46.1. The first-order chi connectivity index (χ1) is 21.9. The van der Waals surface area contributed by atoms with Gasteiger partial charge < -0.3 is 29.3 Å². The van der Waals surface area contributed by atoms with Gasteiger partial charge in [0.25, 0.3) is 5.91 Å². The number of fused-ring (bicyclic) bond motifs is 1. The van der Waals surface area contributed by atoms with Gasteiger partial charge in [-0.1, -0.05) is 19.9 Å². The summed E-state index contributed by atoms with van der Waals surface area (Å²) in [6, 6.07) is 14.5. The summed E-state index contributed by atoms with van der Waals surface area (Å²) in [4.78, 5) is 26.8. The molecule has 236 valence electrons. The summed E-state index contributed by atoms with van der Waals surface area (Å²) in [5, 5.41) is 3.22. The maximum atomic E-state index is 14.9. The van der Waals surface area contributed by atoms with E-state index in [1.807, 2.05) is 32.0 Å². The summed E-state index contributed by atoms with van der Waals surface area (Å²) in [6.45, 7) is 8.50. The first kappa shape index (κ1) is 31.6. The van der Waals surface area contributed by atoms with E-state index in [0.29, 0.717) is 47.5 Å². The van der Waals surface area contributed by atoms with Gasteiger partial charge in [-0.3, -0.25) is 4.79 Å². The largest absolute Gasteiger partial charge is 0.497 e. The van der Waals surface area contributed by atoms with E-state index < -0.39 is 11.6 Å². The minimum absolute atomic E-state index is 0.0762. The van der Waals surface area contributed by atoms with Crippen LogP contribution in [-0.2, 0) is 17.8 Å². The third kappa shape index (κ3) is 6.53. The van der Waals surface area contributed by atoms with Crippen LogP contribution >= 0.6 is 0 Å². The Morgan fingerprint density at radius 3 is 2.47 bits per heavy atom. The zero-order valence-corrected chi connectivity index (χ0v) is 26.1. The van der Waals surface area contributed by atoms with Crippen LogP contribution in [0.1, 0.15) is 42.4 Å². The van der Waals surface area contributed by atoms with Crippen molar-refractivity contribution in [1.29, 1.82) is 0 Å². The Morgan fingerprint density at radius 1 is 1.02 bits per heavy atom. The normalized spacial score (nSPS) is 15.7. The molecule has 1 unspecified atom stereocenters. The predicted octanol–water partition coefficient (Wildman–Crippen LogP) is 6.59. The second-order valence-corrected chi connectivity index (χ2v) is 10.5. The molecule has 2 aromatic heterocycles. The van der Waals surface area contributed by atoms with Gasteiger partial charge in [-0.2, -0.15) is 0 Å². The van der Waals surface area contributed by atoms with Gasteiger partial charge in [0, 0.05) is 24.2 Å². The van der Waals surface area contributed by atoms with Gasteiger partial charge in [0.15, 0.2) is 0 Å². The second-order valence-electron chi connectivity index (χ2n) is 10.5. The average Bonchev–Trinajstić information content (AvgIpc) is 3.37. The number of methoxy groups -OCH3 is 2. The van der Waals surface area contributed by atoms with Crippen LogP contribution in [0.5, 0.6) is 11.5 Å². The van der Waals surface area contributed by atoms with E-state index in [2.05, 4.69) is 27.1 Å². The molecule has 1 fully saturated rings. The van der Waals surface area contributed by atoms with Crippen molar-refractivity contribution >= 4 is 23.1 Å². The molecule has 0 aliphatic carbocycles. The van der Waals surface area contributed by atoms with E-state index in [9.17, 15) is 13.6 Å². The first-order valence-corrected chi connectivity index (χ1v) is 14.9. The molecular formula is C34H37F2N5O4. The average molecular weight is 618 g/mol. The molecule has 1 N–H and O–H groups in total. The number of anilines is 3. The fraction of sp³-hybridized carbons (Fsp3) is 0.324. The number of nitrogens with zero attached hydrogens (tertiary/aromatic N) is 4. The molecule has 9 nitrogen and oxygen atoms in total. The van der Waals surface area contributed by atoms with Crippen LogP contribution in [0.3, 0.4) is 0 Å². The van der Waals surface area contributed by atoms with Crippen LogP contribution in [-0.4, -0.2) is 60.8 Å². The van der Waals surface area contributed by atoms with Gasteiger partial charge in [0.05, 0.1) is 80.6 Å². The van der Waals surface area contributed by atoms with Crippen molar-refractivity contribution in [1.82, 2.24) is 14.9 Å². The standard InChI is InChI=1S/C32H31F2N5O4.C2H6/c1-19-18-43-12-11-39(19)21-8-10-29(35-15-21)37-26-14-25(30-23(33)5-4-6-24(30)34)36-27-17-38(32(40)31(26)27)16-20-7-9-22(41-2)13-28(20)42-3;1-2/h4-10,13-15,19H,11-12,16-18H2,1-3H3,(H,35,36,37);1-2H3. The lowest BCUT2D eigenvalue weighted by molar-refractivity contribution is 0.0766. The summed E-state index contributed by atoms with van der Waals surface area (Å²) >= 11 is 0. The lowest BCUT2D eigenvalue weighted by atomic mass is 10.1. The van der Waals surface area contributed by atoms with Crippen LogP contribution in [0, 0.1) is 11.6 Å². The molecule has 0 saturated carbocycles. The van der Waals surface area contributed by atoms with E-state index in [1.165, 1.54) is 24.3 Å². The van der Waals surface area contributed by atoms with Crippen molar-refractivity contribution in [3.63, 3.8) is 0 Å². The Bertz CT molecular complexity index is 1650. The van der Waals surface area contributed by atoms with Crippen molar-refractivity contribution in [3.05, 3.63) is 89.2 Å². The molecular weight excluding hydrogens is 580 g/mol. The van der Waals surface area contributed by atoms with Gasteiger partial charge in [-0.15, -0.1) is 0 Å². The van der Waals surface area contributed by atoms with Gasteiger partial charge >= 0.3 is 0 Å². The monoisotopic (exact) mass is 617 g/mol. The number of morpholine rings is 1. The third-order valence-corrected chi connectivity index (χ3v) is 7.72. The summed E-state index contributed by atoms with van der Waals surface area (Å²) in [5.74, 6) is -0.0945. The van der Waals surface area contributed by atoms with Crippen molar-refractivity contribution < 1.29 is 27.8 Å². The van der Waals surface area contributed by atoms with E-state index in [4.69, 9.17) is 14.2 Å². The highest BCUT2D eigenvalue weighted by Gasteiger charge is 2.34. The lowest BCUT2D eigenvalue weighted by Crippen LogP contribution is -2.43. The van der Waals surface area contributed by atoms with E-state index in [1.54, 1.807) is 37.4 Å². The molecule has 11 heteroatoms. The molecule has 2 aliphatic rings. The fourth-order valence-corrected chi connectivity index (χ4v) is 5.53. The molecule has 0 spiro atoms. The van der Waals surface area contributed by atoms with Gasteiger partial charge in [-0.25, -0.2) is 18.7 Å². The Kier molecular flexibility index (Phi) is 9.77. The Hall–Kier alpha value is -4.77. The fourth-order valence-electron chi connectivity index (χ4n) is 5.53. The minimum Gasteiger partial charge on any atom is -0.497 e. The topological polar surface area (TPSA) is 89.0 Å². The van der Waals surface area contributed by atoms with Gasteiger partial charge in [-0.05, 0) is 49.4 Å². The summed E-state index contributed by atoms with van der Waals surface area (Å²) in [7, 11) is 3.12. The molecule has 1 saturated heterocycles. The van der Waals surface area contributed by atoms with E-state index in [-0.39, 0.29) is 36.3 Å². The molecule has 45 heavy (non-hydrogen) atoms. The number of halogens is 2. The molecule has 1 amide bonds. The zero-order valence-electron chi connectivity index (χ0n) is 26.1. The van der Waals surface area contributed by atoms with Gasteiger partial charge in [0.1, 0.15) is 29.0 Å². The number of pyridine rings is 2. The number of carbonyl (C=O) groups excluding carboxylic acids is 1. The predicted molar refractivity (Wildman–Crippen MR) is 169 cm³/mol. The number of aromatic nitrogens is 2. The molecule has 6 rings (SSSR count). The van der Waals surface area contributed by atoms with Crippen molar-refractivity contribution in [2.45, 2.75) is 39.9 Å². The lowest BCUT2D eigenvalue weighted by Gasteiger charge is -2.35. The Labute approximate surface area is 261 Å². The molecule has 4 heterocycles. The van der Waals surface area contributed by atoms with Crippen LogP contribution in [0.4, 0.5) is 26.0 Å². The molecule has 0 radical (unpaired) electrons. The number of benzene rings is 2. The van der Waals surface area contributed by atoms with Crippen molar-refractivity contribution in [3.8, 4) is 22.8 Å². The highest BCUT2D eigenvalue weighted by Crippen LogP contribution is 2.37. The number of ether oxygens (including phenoxy) is 3. The van der Waals surface area contributed by atoms with Crippen molar-refractivity contribution in [2.75, 3.05) is 44.2 Å². The summed E-state index contributed by atoms with van der Waals surface area (Å²) in [6.07, 6.45) is 1.76. The van der Waals surface area contributed by atoms with Crippen LogP contribution in [0.15, 0.2) is 60.8 Å². The van der Waals surface area contributed by atoms with E-state index in [0.717, 1.165) is 17.8 Å². The number of carbonyl (C=O) groups is 1. The zero-order chi connectivity index (χ0) is 32.1.